The van der Waals surface area contributed by atoms with Crippen molar-refractivity contribution in [1.82, 2.24) is 39.3 Å². The van der Waals surface area contributed by atoms with E-state index in [4.69, 9.17) is 10.5 Å². The molecule has 0 spiro atoms. The average molecular weight is 596 g/mol. The second-order valence-electron chi connectivity index (χ2n) is 10.3. The van der Waals surface area contributed by atoms with Gasteiger partial charge in [-0.15, -0.1) is 0 Å². The molecule has 0 bridgehead atoms. The summed E-state index contributed by atoms with van der Waals surface area (Å²) >= 11 is 0. The quantitative estimate of drug-likeness (QED) is 0.368. The maximum atomic E-state index is 13.4. The van der Waals surface area contributed by atoms with Crippen molar-refractivity contribution < 1.29 is 27.5 Å². The number of aromatic nitrogens is 5. The SMILES string of the molecule is Nc1ncc(-c2ccc3ncc(-c4ccc(C(=O)N5CCN(CC(=O)N6CCOCC6)CC5)nc4)n3n2)cc1C(F)(F)F. The molecule has 12 nitrogen and oxygen atoms in total. The Morgan fingerprint density at radius 3 is 2.30 bits per heavy atom. The number of carbonyl (C=O) groups is 2. The summed E-state index contributed by atoms with van der Waals surface area (Å²) in [4.78, 5) is 43.7. The summed E-state index contributed by atoms with van der Waals surface area (Å²) in [5.41, 5.74) is 6.70. The lowest BCUT2D eigenvalue weighted by atomic mass is 10.1. The van der Waals surface area contributed by atoms with Crippen LogP contribution in [-0.4, -0.2) is 110 Å². The summed E-state index contributed by atoms with van der Waals surface area (Å²) in [5, 5.41) is 4.49. The molecule has 2 fully saturated rings. The molecule has 2 aliphatic heterocycles. The molecule has 2 N–H and O–H groups in total. The van der Waals surface area contributed by atoms with Crippen LogP contribution in [0.2, 0.25) is 0 Å². The first kappa shape index (κ1) is 28.5. The third-order valence-electron chi connectivity index (χ3n) is 7.54. The fourth-order valence-electron chi connectivity index (χ4n) is 5.11. The van der Waals surface area contributed by atoms with Gasteiger partial charge in [0.15, 0.2) is 5.65 Å². The van der Waals surface area contributed by atoms with E-state index in [1.165, 1.54) is 16.9 Å². The number of ether oxygens (including phenoxy) is 1. The third-order valence-corrected chi connectivity index (χ3v) is 7.54. The summed E-state index contributed by atoms with van der Waals surface area (Å²) in [6, 6.07) is 7.44. The minimum Gasteiger partial charge on any atom is -0.383 e. The van der Waals surface area contributed by atoms with Gasteiger partial charge in [0, 0.05) is 62.8 Å². The number of rotatable bonds is 5. The number of hydrogen-bond donors (Lipinski definition) is 1. The van der Waals surface area contributed by atoms with Gasteiger partial charge in [0.25, 0.3) is 5.91 Å². The molecule has 224 valence electrons. The van der Waals surface area contributed by atoms with Crippen LogP contribution in [0.25, 0.3) is 28.2 Å². The number of piperazine rings is 1. The number of hydrogen-bond acceptors (Lipinski definition) is 9. The van der Waals surface area contributed by atoms with Gasteiger partial charge in [-0.05, 0) is 30.3 Å². The molecule has 0 atom stereocenters. The minimum absolute atomic E-state index is 0.0746. The predicted octanol–water partition coefficient (Wildman–Crippen LogP) is 2.07. The Balaban J connectivity index is 1.13. The van der Waals surface area contributed by atoms with E-state index < -0.39 is 17.6 Å². The van der Waals surface area contributed by atoms with E-state index in [0.717, 1.165) is 6.07 Å². The Kier molecular flexibility index (Phi) is 7.66. The maximum absolute atomic E-state index is 13.4. The zero-order chi connectivity index (χ0) is 30.1. The number of morpholine rings is 1. The number of imidazole rings is 1. The highest BCUT2D eigenvalue weighted by molar-refractivity contribution is 5.92. The number of nitrogens with zero attached hydrogens (tertiary/aromatic N) is 8. The molecule has 0 unspecified atom stereocenters. The first-order valence-electron chi connectivity index (χ1n) is 13.7. The van der Waals surface area contributed by atoms with Crippen LogP contribution in [0.4, 0.5) is 19.0 Å². The molecule has 0 aliphatic carbocycles. The van der Waals surface area contributed by atoms with Crippen LogP contribution in [0, 0.1) is 0 Å². The number of nitrogen functional groups attached to an aromatic ring is 1. The number of anilines is 1. The van der Waals surface area contributed by atoms with E-state index in [0.29, 0.717) is 75.9 Å². The van der Waals surface area contributed by atoms with E-state index in [1.54, 1.807) is 35.4 Å². The molecule has 0 aromatic carbocycles. The zero-order valence-electron chi connectivity index (χ0n) is 23.0. The van der Waals surface area contributed by atoms with Crippen LogP contribution < -0.4 is 5.73 Å². The molecule has 0 radical (unpaired) electrons. The van der Waals surface area contributed by atoms with Crippen molar-refractivity contribution in [2.24, 2.45) is 0 Å². The van der Waals surface area contributed by atoms with Gasteiger partial charge < -0.3 is 20.3 Å². The molecule has 43 heavy (non-hydrogen) atoms. The molecular formula is C28H28F3N9O3. The number of carbonyl (C=O) groups excluding carboxylic acids is 2. The van der Waals surface area contributed by atoms with Crippen molar-refractivity contribution in [2.75, 3.05) is 64.8 Å². The highest BCUT2D eigenvalue weighted by atomic mass is 19.4. The summed E-state index contributed by atoms with van der Waals surface area (Å²) in [6.07, 6.45) is -0.309. The normalized spacial score (nSPS) is 16.5. The van der Waals surface area contributed by atoms with Crippen LogP contribution in [0.1, 0.15) is 16.1 Å². The Bertz CT molecular complexity index is 1640. The molecular weight excluding hydrogens is 567 g/mol. The van der Waals surface area contributed by atoms with Crippen molar-refractivity contribution >= 4 is 23.3 Å². The molecule has 2 saturated heterocycles. The Morgan fingerprint density at radius 2 is 1.60 bits per heavy atom. The smallest absolute Gasteiger partial charge is 0.383 e. The van der Waals surface area contributed by atoms with Crippen molar-refractivity contribution in [1.29, 1.82) is 0 Å². The number of pyridine rings is 2. The van der Waals surface area contributed by atoms with Gasteiger partial charge in [-0.2, -0.15) is 18.3 Å². The van der Waals surface area contributed by atoms with Crippen LogP contribution in [0.3, 0.4) is 0 Å². The van der Waals surface area contributed by atoms with E-state index in [2.05, 4.69) is 25.0 Å². The molecule has 0 saturated carbocycles. The van der Waals surface area contributed by atoms with Gasteiger partial charge in [0.05, 0.1) is 42.9 Å². The van der Waals surface area contributed by atoms with Gasteiger partial charge in [0.2, 0.25) is 5.91 Å². The first-order valence-corrected chi connectivity index (χ1v) is 13.7. The number of halogens is 3. The third kappa shape index (κ3) is 5.99. The number of amides is 2. The fourth-order valence-corrected chi connectivity index (χ4v) is 5.11. The summed E-state index contributed by atoms with van der Waals surface area (Å²) in [7, 11) is 0. The molecule has 4 aromatic heterocycles. The zero-order valence-corrected chi connectivity index (χ0v) is 23.0. The van der Waals surface area contributed by atoms with Gasteiger partial charge >= 0.3 is 6.18 Å². The number of alkyl halides is 3. The highest BCUT2D eigenvalue weighted by Crippen LogP contribution is 2.35. The Labute approximate surface area is 243 Å². The second kappa shape index (κ2) is 11.6. The van der Waals surface area contributed by atoms with Crippen LogP contribution in [0.5, 0.6) is 0 Å². The molecule has 15 heteroatoms. The van der Waals surface area contributed by atoms with Gasteiger partial charge in [-0.3, -0.25) is 19.5 Å². The Hall–Kier alpha value is -4.63. The van der Waals surface area contributed by atoms with Crippen LogP contribution >= 0.6 is 0 Å². The maximum Gasteiger partial charge on any atom is 0.419 e. The van der Waals surface area contributed by atoms with Crippen molar-refractivity contribution in [2.45, 2.75) is 6.18 Å². The van der Waals surface area contributed by atoms with E-state index in [9.17, 15) is 22.8 Å². The largest absolute Gasteiger partial charge is 0.419 e. The number of fused-ring (bicyclic) bond motifs is 1. The highest BCUT2D eigenvalue weighted by Gasteiger charge is 2.34. The van der Waals surface area contributed by atoms with Crippen molar-refractivity contribution in [3.05, 3.63) is 60.2 Å². The lowest BCUT2D eigenvalue weighted by Gasteiger charge is -2.35. The first-order chi connectivity index (χ1) is 20.7. The second-order valence-corrected chi connectivity index (χ2v) is 10.3. The molecule has 4 aromatic rings. The summed E-state index contributed by atoms with van der Waals surface area (Å²) < 4.78 is 46.9. The standard InChI is InChI=1S/C28H28F3N9O3/c29-28(30,31)20-13-19(15-35-26(20)32)21-3-4-24-34-16-23(40(24)36-21)18-1-2-22(33-14-18)27(42)39-7-5-37(6-8-39)17-25(41)38-9-11-43-12-10-38/h1-4,13-16H,5-12,17H2,(H2,32,35). The molecule has 6 rings (SSSR count). The van der Waals surface area contributed by atoms with E-state index in [1.807, 2.05) is 4.90 Å². The van der Waals surface area contributed by atoms with Crippen LogP contribution in [-0.2, 0) is 15.7 Å². The predicted molar refractivity (Wildman–Crippen MR) is 149 cm³/mol. The van der Waals surface area contributed by atoms with Gasteiger partial charge in [0.1, 0.15) is 11.5 Å². The minimum atomic E-state index is -4.65. The summed E-state index contributed by atoms with van der Waals surface area (Å²) in [5.74, 6) is -0.742. The summed E-state index contributed by atoms with van der Waals surface area (Å²) in [6.45, 7) is 4.78. The molecule has 6 heterocycles. The Morgan fingerprint density at radius 1 is 0.860 bits per heavy atom. The number of nitrogens with two attached hydrogens (primary N) is 1. The molecule has 2 aliphatic rings. The van der Waals surface area contributed by atoms with Gasteiger partial charge in [-0.25, -0.2) is 14.5 Å². The van der Waals surface area contributed by atoms with E-state index in [-0.39, 0.29) is 28.8 Å². The average Bonchev–Trinajstić information content (AvgIpc) is 3.45. The fraction of sp³-hybridized carbons (Fsp3) is 0.357. The topological polar surface area (TPSA) is 135 Å². The monoisotopic (exact) mass is 595 g/mol. The van der Waals surface area contributed by atoms with E-state index >= 15 is 0 Å². The van der Waals surface area contributed by atoms with Gasteiger partial charge in [-0.1, -0.05) is 0 Å². The lowest BCUT2D eigenvalue weighted by Crippen LogP contribution is -2.52. The van der Waals surface area contributed by atoms with Crippen molar-refractivity contribution in [3.8, 4) is 22.5 Å². The van der Waals surface area contributed by atoms with Crippen LogP contribution in [0.15, 0.2) is 48.9 Å². The lowest BCUT2D eigenvalue weighted by molar-refractivity contribution is -0.137. The molecule has 2 amide bonds. The van der Waals surface area contributed by atoms with Crippen molar-refractivity contribution in [3.63, 3.8) is 0 Å².